The lowest BCUT2D eigenvalue weighted by Gasteiger charge is -2.07. The molecule has 0 aliphatic carbocycles. The Morgan fingerprint density at radius 3 is 2.80 bits per heavy atom. The minimum atomic E-state index is -0.0107. The first-order chi connectivity index (χ1) is 12.2. The number of rotatable bonds is 7. The summed E-state index contributed by atoms with van der Waals surface area (Å²) in [7, 11) is 0. The molecule has 0 amide bonds. The number of hydrogen-bond acceptors (Lipinski definition) is 2. The molecule has 0 saturated carbocycles. The molecule has 0 saturated heterocycles. The highest BCUT2D eigenvalue weighted by Gasteiger charge is 2.06. The van der Waals surface area contributed by atoms with E-state index in [0.29, 0.717) is 13.2 Å². The van der Waals surface area contributed by atoms with Crippen molar-refractivity contribution >= 4 is 10.9 Å². The predicted molar refractivity (Wildman–Crippen MR) is 101 cm³/mol. The number of H-pyrrole nitrogens is 1. The van der Waals surface area contributed by atoms with Crippen LogP contribution in [0.3, 0.4) is 0 Å². The van der Waals surface area contributed by atoms with Crippen LogP contribution in [0.2, 0.25) is 0 Å². The van der Waals surface area contributed by atoms with Gasteiger partial charge in [-0.15, -0.1) is 0 Å². The van der Waals surface area contributed by atoms with Crippen molar-refractivity contribution in [1.82, 2.24) is 4.98 Å². The Hall–Kier alpha value is -2.59. The monoisotopic (exact) mass is 337 g/mol. The summed E-state index contributed by atoms with van der Waals surface area (Å²) in [5.74, 6) is 0.830. The zero-order chi connectivity index (χ0) is 17.6. The molecule has 130 valence electrons. The number of pyridine rings is 1. The highest BCUT2D eigenvalue weighted by atomic mass is 16.5. The van der Waals surface area contributed by atoms with E-state index in [2.05, 4.69) is 41.5 Å². The largest absolute Gasteiger partial charge is 0.494 e. The summed E-state index contributed by atoms with van der Waals surface area (Å²) in [6.45, 7) is 6.34. The fourth-order valence-corrected chi connectivity index (χ4v) is 3.03. The summed E-state index contributed by atoms with van der Waals surface area (Å²) in [6.07, 6.45) is 1.00. The summed E-state index contributed by atoms with van der Waals surface area (Å²) in [5.41, 5.74) is 4.25. The van der Waals surface area contributed by atoms with E-state index in [4.69, 9.17) is 4.74 Å². The fraction of sp³-hybridized carbons (Fsp3) is 0.286. The molecule has 3 rings (SSSR count). The van der Waals surface area contributed by atoms with E-state index in [9.17, 15) is 4.79 Å². The Morgan fingerprint density at radius 1 is 1.12 bits per heavy atom. The third-order valence-electron chi connectivity index (χ3n) is 4.29. The number of nitrogens with two attached hydrogens (primary N) is 1. The summed E-state index contributed by atoms with van der Waals surface area (Å²) >= 11 is 0. The number of ether oxygens (including phenoxy) is 1. The lowest BCUT2D eigenvalue weighted by atomic mass is 10.1. The molecule has 0 aliphatic rings. The van der Waals surface area contributed by atoms with Gasteiger partial charge in [0, 0.05) is 17.3 Å². The van der Waals surface area contributed by atoms with Gasteiger partial charge in [-0.2, -0.15) is 0 Å². The third-order valence-corrected chi connectivity index (χ3v) is 4.29. The van der Waals surface area contributed by atoms with Crippen molar-refractivity contribution in [1.29, 1.82) is 0 Å². The quantitative estimate of drug-likeness (QED) is 0.651. The molecule has 0 atom stereocenters. The zero-order valence-electron chi connectivity index (χ0n) is 14.8. The second kappa shape index (κ2) is 7.99. The molecule has 4 heteroatoms. The standard InChI is InChI=1S/C21H24N2O2/c1-3-25-19-7-8-20-17(13-19)12-18(21(24)23-20)14-22-10-9-16-6-4-5-15(2)11-16/h4-8,11-13,22H,3,9-10,14H2,1-2H3,(H,23,24)/p+1. The van der Waals surface area contributed by atoms with Crippen LogP contribution < -0.4 is 15.6 Å². The van der Waals surface area contributed by atoms with Crippen LogP contribution in [0.4, 0.5) is 0 Å². The summed E-state index contributed by atoms with van der Waals surface area (Å²) in [4.78, 5) is 15.2. The number of quaternary nitrogens is 1. The van der Waals surface area contributed by atoms with Gasteiger partial charge in [-0.25, -0.2) is 0 Å². The smallest absolute Gasteiger partial charge is 0.257 e. The maximum Gasteiger partial charge on any atom is 0.257 e. The molecule has 4 nitrogen and oxygen atoms in total. The lowest BCUT2D eigenvalue weighted by Crippen LogP contribution is -2.83. The number of aromatic amines is 1. The number of benzene rings is 2. The van der Waals surface area contributed by atoms with Crippen LogP contribution in [0.15, 0.2) is 53.3 Å². The Labute approximate surface area is 147 Å². The van der Waals surface area contributed by atoms with Crippen LogP contribution in [0.25, 0.3) is 10.9 Å². The summed E-state index contributed by atoms with van der Waals surface area (Å²) in [6, 6.07) is 16.3. The molecule has 0 bridgehead atoms. The first-order valence-electron chi connectivity index (χ1n) is 8.81. The van der Waals surface area contributed by atoms with Gasteiger partial charge < -0.3 is 15.0 Å². The first kappa shape index (κ1) is 17.2. The topological polar surface area (TPSA) is 58.7 Å². The minimum Gasteiger partial charge on any atom is -0.494 e. The van der Waals surface area contributed by atoms with Crippen molar-refractivity contribution in [3.63, 3.8) is 0 Å². The highest BCUT2D eigenvalue weighted by Crippen LogP contribution is 2.19. The molecule has 0 radical (unpaired) electrons. The molecule has 3 aromatic rings. The van der Waals surface area contributed by atoms with Gasteiger partial charge in [-0.1, -0.05) is 29.8 Å². The SMILES string of the molecule is CCOc1ccc2[nH]c(=O)c(C[NH2+]CCc3cccc(C)c3)cc2c1. The molecule has 0 unspecified atom stereocenters. The molecule has 3 N–H and O–H groups in total. The number of aromatic nitrogens is 1. The molecular formula is C21H25N2O2+. The van der Waals surface area contributed by atoms with E-state index in [1.807, 2.05) is 31.2 Å². The van der Waals surface area contributed by atoms with E-state index in [0.717, 1.165) is 35.2 Å². The molecular weight excluding hydrogens is 312 g/mol. The number of nitrogens with one attached hydrogen (secondary N) is 1. The van der Waals surface area contributed by atoms with Crippen LogP contribution in [-0.4, -0.2) is 18.1 Å². The number of fused-ring (bicyclic) bond motifs is 1. The number of hydrogen-bond donors (Lipinski definition) is 2. The van der Waals surface area contributed by atoms with Crippen molar-refractivity contribution < 1.29 is 10.1 Å². The van der Waals surface area contributed by atoms with E-state index >= 15 is 0 Å². The van der Waals surface area contributed by atoms with E-state index in [1.54, 1.807) is 0 Å². The molecule has 1 heterocycles. The van der Waals surface area contributed by atoms with Gasteiger partial charge in [0.05, 0.1) is 18.7 Å². The first-order valence-corrected chi connectivity index (χ1v) is 8.81. The van der Waals surface area contributed by atoms with Gasteiger partial charge in [0.1, 0.15) is 12.3 Å². The van der Waals surface area contributed by atoms with Crippen LogP contribution in [0, 0.1) is 6.92 Å². The third kappa shape index (κ3) is 4.48. The Bertz CT molecular complexity index is 915. The van der Waals surface area contributed by atoms with Crippen molar-refractivity contribution in [2.75, 3.05) is 13.2 Å². The summed E-state index contributed by atoms with van der Waals surface area (Å²) in [5, 5.41) is 3.19. The van der Waals surface area contributed by atoms with Crippen LogP contribution in [0.5, 0.6) is 5.75 Å². The maximum absolute atomic E-state index is 12.2. The van der Waals surface area contributed by atoms with Gasteiger partial charge in [0.25, 0.3) is 5.56 Å². The van der Waals surface area contributed by atoms with Gasteiger partial charge >= 0.3 is 0 Å². The van der Waals surface area contributed by atoms with E-state index < -0.39 is 0 Å². The van der Waals surface area contributed by atoms with Crippen LogP contribution in [0.1, 0.15) is 23.6 Å². The van der Waals surface area contributed by atoms with Crippen molar-refractivity contribution in [2.24, 2.45) is 0 Å². The molecule has 2 aromatic carbocycles. The van der Waals surface area contributed by atoms with Gasteiger partial charge in [0.2, 0.25) is 0 Å². The van der Waals surface area contributed by atoms with E-state index in [-0.39, 0.29) is 5.56 Å². The van der Waals surface area contributed by atoms with E-state index in [1.165, 1.54) is 11.1 Å². The Balaban J connectivity index is 1.66. The van der Waals surface area contributed by atoms with Gasteiger partial charge in [-0.05, 0) is 43.7 Å². The van der Waals surface area contributed by atoms with Gasteiger partial charge in [-0.3, -0.25) is 4.79 Å². The van der Waals surface area contributed by atoms with Crippen molar-refractivity contribution in [3.05, 3.63) is 75.6 Å². The van der Waals surface area contributed by atoms with Crippen LogP contribution in [-0.2, 0) is 13.0 Å². The minimum absolute atomic E-state index is 0.0107. The summed E-state index contributed by atoms with van der Waals surface area (Å²) < 4.78 is 5.54. The number of aryl methyl sites for hydroxylation is 1. The lowest BCUT2D eigenvalue weighted by molar-refractivity contribution is -0.670. The molecule has 0 aliphatic heterocycles. The Kier molecular flexibility index (Phi) is 5.51. The second-order valence-corrected chi connectivity index (χ2v) is 6.33. The molecule has 0 fully saturated rings. The Morgan fingerprint density at radius 2 is 2.00 bits per heavy atom. The molecule has 1 aromatic heterocycles. The second-order valence-electron chi connectivity index (χ2n) is 6.33. The maximum atomic E-state index is 12.2. The van der Waals surface area contributed by atoms with Gasteiger partial charge in [0.15, 0.2) is 0 Å². The molecule has 25 heavy (non-hydrogen) atoms. The van der Waals surface area contributed by atoms with Crippen LogP contribution >= 0.6 is 0 Å². The van der Waals surface area contributed by atoms with Crippen molar-refractivity contribution in [2.45, 2.75) is 26.8 Å². The fourth-order valence-electron chi connectivity index (χ4n) is 3.03. The highest BCUT2D eigenvalue weighted by molar-refractivity contribution is 5.80. The normalized spacial score (nSPS) is 11.0. The molecule has 0 spiro atoms. The van der Waals surface area contributed by atoms with Crippen molar-refractivity contribution in [3.8, 4) is 5.75 Å². The predicted octanol–water partition coefficient (Wildman–Crippen LogP) is 2.54. The average molecular weight is 337 g/mol. The zero-order valence-corrected chi connectivity index (χ0v) is 14.8. The average Bonchev–Trinajstić information content (AvgIpc) is 2.59.